The van der Waals surface area contributed by atoms with Gasteiger partial charge in [0.15, 0.2) is 11.5 Å². The summed E-state index contributed by atoms with van der Waals surface area (Å²) in [5.41, 5.74) is 0.972. The van der Waals surface area contributed by atoms with E-state index in [4.69, 9.17) is 4.74 Å². The Morgan fingerprint density at radius 2 is 1.79 bits per heavy atom. The van der Waals surface area contributed by atoms with Crippen molar-refractivity contribution in [3.63, 3.8) is 0 Å². The number of aromatic nitrogens is 3. The second-order valence-corrected chi connectivity index (χ2v) is 7.65. The topological polar surface area (TPSA) is 97.6 Å². The SMILES string of the molecule is CC(C)(C)OC(=O)NC(Cc1ccccc1)C(=O)NCc1nnc2ccccn12. The van der Waals surface area contributed by atoms with Crippen LogP contribution in [0.25, 0.3) is 5.65 Å². The van der Waals surface area contributed by atoms with Crippen LogP contribution in [0.4, 0.5) is 4.79 Å². The lowest BCUT2D eigenvalue weighted by molar-refractivity contribution is -0.123. The van der Waals surface area contributed by atoms with Crippen LogP contribution in [0.1, 0.15) is 32.2 Å². The third kappa shape index (κ3) is 5.78. The molecule has 2 aromatic heterocycles. The minimum Gasteiger partial charge on any atom is -0.444 e. The highest BCUT2D eigenvalue weighted by atomic mass is 16.6. The van der Waals surface area contributed by atoms with Crippen molar-refractivity contribution in [3.8, 4) is 0 Å². The van der Waals surface area contributed by atoms with E-state index >= 15 is 0 Å². The Morgan fingerprint density at radius 1 is 1.07 bits per heavy atom. The van der Waals surface area contributed by atoms with Crippen molar-refractivity contribution in [1.82, 2.24) is 25.2 Å². The molecule has 8 nitrogen and oxygen atoms in total. The number of pyridine rings is 1. The van der Waals surface area contributed by atoms with Gasteiger partial charge in [-0.15, -0.1) is 10.2 Å². The summed E-state index contributed by atoms with van der Waals surface area (Å²) in [7, 11) is 0. The molecule has 0 radical (unpaired) electrons. The molecule has 3 rings (SSSR count). The normalized spacial score (nSPS) is 12.4. The Bertz CT molecular complexity index is 979. The minimum absolute atomic E-state index is 0.186. The van der Waals surface area contributed by atoms with Crippen molar-refractivity contribution in [1.29, 1.82) is 0 Å². The van der Waals surface area contributed by atoms with Gasteiger partial charge in [-0.3, -0.25) is 9.20 Å². The predicted octanol–water partition coefficient (Wildman–Crippen LogP) is 2.48. The van der Waals surface area contributed by atoms with Gasteiger partial charge in [-0.1, -0.05) is 36.4 Å². The van der Waals surface area contributed by atoms with E-state index in [9.17, 15) is 9.59 Å². The Kier molecular flexibility index (Phi) is 6.11. The lowest BCUT2D eigenvalue weighted by atomic mass is 10.1. The molecule has 0 aliphatic heterocycles. The van der Waals surface area contributed by atoms with E-state index in [0.29, 0.717) is 17.9 Å². The maximum atomic E-state index is 12.8. The van der Waals surface area contributed by atoms with Crippen LogP contribution in [0.15, 0.2) is 54.7 Å². The van der Waals surface area contributed by atoms with Crippen molar-refractivity contribution < 1.29 is 14.3 Å². The lowest BCUT2D eigenvalue weighted by Gasteiger charge is -2.23. The van der Waals surface area contributed by atoms with Gasteiger partial charge in [0.1, 0.15) is 11.6 Å². The monoisotopic (exact) mass is 395 g/mol. The second kappa shape index (κ2) is 8.72. The van der Waals surface area contributed by atoms with Crippen molar-refractivity contribution in [2.75, 3.05) is 0 Å². The van der Waals surface area contributed by atoms with Crippen molar-refractivity contribution in [3.05, 3.63) is 66.1 Å². The van der Waals surface area contributed by atoms with E-state index in [1.165, 1.54) is 0 Å². The summed E-state index contributed by atoms with van der Waals surface area (Å²) < 4.78 is 7.11. The molecule has 1 unspecified atom stereocenters. The molecule has 2 amide bonds. The van der Waals surface area contributed by atoms with Gasteiger partial charge in [0.05, 0.1) is 6.54 Å². The van der Waals surface area contributed by atoms with Gasteiger partial charge in [-0.2, -0.15) is 0 Å². The first kappa shape index (κ1) is 20.3. The van der Waals surface area contributed by atoms with Crippen LogP contribution in [0.5, 0.6) is 0 Å². The Hall–Kier alpha value is -3.42. The van der Waals surface area contributed by atoms with Crippen LogP contribution in [0.3, 0.4) is 0 Å². The fourth-order valence-corrected chi connectivity index (χ4v) is 2.81. The smallest absolute Gasteiger partial charge is 0.408 e. The predicted molar refractivity (Wildman–Crippen MR) is 108 cm³/mol. The molecule has 0 saturated carbocycles. The maximum Gasteiger partial charge on any atom is 0.408 e. The fourth-order valence-electron chi connectivity index (χ4n) is 2.81. The molecule has 0 aliphatic rings. The van der Waals surface area contributed by atoms with E-state index in [1.54, 1.807) is 25.2 Å². The molecule has 29 heavy (non-hydrogen) atoms. The van der Waals surface area contributed by atoms with E-state index in [1.807, 2.05) is 54.7 Å². The van der Waals surface area contributed by atoms with Crippen LogP contribution in [0, 0.1) is 0 Å². The summed E-state index contributed by atoms with van der Waals surface area (Å²) in [6.07, 6.45) is 1.53. The largest absolute Gasteiger partial charge is 0.444 e. The average molecular weight is 395 g/mol. The summed E-state index contributed by atoms with van der Waals surface area (Å²) in [6, 6.07) is 14.3. The molecule has 2 heterocycles. The number of benzene rings is 1. The highest BCUT2D eigenvalue weighted by Gasteiger charge is 2.25. The maximum absolute atomic E-state index is 12.8. The summed E-state index contributed by atoms with van der Waals surface area (Å²) in [5.74, 6) is 0.275. The molecule has 3 aromatic rings. The first-order valence-electron chi connectivity index (χ1n) is 9.41. The standard InChI is InChI=1S/C21H25N5O3/c1-21(2,3)29-20(28)23-16(13-15-9-5-4-6-10-15)19(27)22-14-18-25-24-17-11-7-8-12-26(17)18/h4-12,16H,13-14H2,1-3H3,(H,22,27)(H,23,28). The molecule has 0 bridgehead atoms. The summed E-state index contributed by atoms with van der Waals surface area (Å²) in [5, 5.41) is 13.7. The van der Waals surface area contributed by atoms with Gasteiger partial charge in [0.2, 0.25) is 5.91 Å². The summed E-state index contributed by atoms with van der Waals surface area (Å²) >= 11 is 0. The average Bonchev–Trinajstić information content (AvgIpc) is 3.08. The number of nitrogens with one attached hydrogen (secondary N) is 2. The van der Waals surface area contributed by atoms with Crippen molar-refractivity contribution in [2.45, 2.75) is 45.4 Å². The Morgan fingerprint density at radius 3 is 2.52 bits per heavy atom. The Labute approximate surface area is 169 Å². The molecule has 0 fully saturated rings. The van der Waals surface area contributed by atoms with E-state index in [-0.39, 0.29) is 12.5 Å². The molecule has 0 saturated heterocycles. The molecule has 8 heteroatoms. The molecular formula is C21H25N5O3. The van der Waals surface area contributed by atoms with Gasteiger partial charge in [-0.25, -0.2) is 4.79 Å². The van der Waals surface area contributed by atoms with E-state index in [0.717, 1.165) is 5.56 Å². The molecule has 2 N–H and O–H groups in total. The number of nitrogens with zero attached hydrogens (tertiary/aromatic N) is 3. The number of rotatable bonds is 6. The van der Waals surface area contributed by atoms with E-state index < -0.39 is 17.7 Å². The van der Waals surface area contributed by atoms with Crippen molar-refractivity contribution in [2.24, 2.45) is 0 Å². The van der Waals surface area contributed by atoms with Crippen LogP contribution in [0.2, 0.25) is 0 Å². The van der Waals surface area contributed by atoms with Crippen LogP contribution < -0.4 is 10.6 Å². The number of fused-ring (bicyclic) bond motifs is 1. The number of carbonyl (C=O) groups excluding carboxylic acids is 2. The first-order chi connectivity index (χ1) is 13.8. The highest BCUT2D eigenvalue weighted by Crippen LogP contribution is 2.09. The number of hydrogen-bond acceptors (Lipinski definition) is 5. The number of hydrogen-bond donors (Lipinski definition) is 2. The Balaban J connectivity index is 1.69. The van der Waals surface area contributed by atoms with Crippen LogP contribution in [-0.4, -0.2) is 38.2 Å². The van der Waals surface area contributed by atoms with E-state index in [2.05, 4.69) is 20.8 Å². The zero-order valence-electron chi connectivity index (χ0n) is 16.8. The molecule has 1 aromatic carbocycles. The number of alkyl carbamates (subject to hydrolysis) is 1. The molecule has 152 valence electrons. The molecule has 0 spiro atoms. The summed E-state index contributed by atoms with van der Waals surface area (Å²) in [4.78, 5) is 25.1. The molecule has 0 aliphatic carbocycles. The van der Waals surface area contributed by atoms with Gasteiger partial charge < -0.3 is 15.4 Å². The van der Waals surface area contributed by atoms with Crippen molar-refractivity contribution >= 4 is 17.6 Å². The number of amides is 2. The number of carbonyl (C=O) groups is 2. The zero-order chi connectivity index (χ0) is 20.9. The van der Waals surface area contributed by atoms with Crippen LogP contribution >= 0.6 is 0 Å². The third-order valence-corrected chi connectivity index (χ3v) is 4.10. The molecular weight excluding hydrogens is 370 g/mol. The van der Waals surface area contributed by atoms with Gasteiger partial charge in [-0.05, 0) is 38.5 Å². The number of ether oxygens (including phenoxy) is 1. The molecule has 1 atom stereocenters. The fraction of sp³-hybridized carbons (Fsp3) is 0.333. The quantitative estimate of drug-likeness (QED) is 0.668. The van der Waals surface area contributed by atoms with Crippen LogP contribution in [-0.2, 0) is 22.5 Å². The third-order valence-electron chi connectivity index (χ3n) is 4.10. The lowest BCUT2D eigenvalue weighted by Crippen LogP contribution is -2.49. The van der Waals surface area contributed by atoms with Gasteiger partial charge >= 0.3 is 6.09 Å². The van der Waals surface area contributed by atoms with Gasteiger partial charge in [0.25, 0.3) is 0 Å². The van der Waals surface area contributed by atoms with Gasteiger partial charge in [0, 0.05) is 12.6 Å². The summed E-state index contributed by atoms with van der Waals surface area (Å²) in [6.45, 7) is 5.51. The highest BCUT2D eigenvalue weighted by molar-refractivity contribution is 5.86. The first-order valence-corrected chi connectivity index (χ1v) is 9.41. The zero-order valence-corrected chi connectivity index (χ0v) is 16.8. The minimum atomic E-state index is -0.786. The second-order valence-electron chi connectivity index (χ2n) is 7.65.